The lowest BCUT2D eigenvalue weighted by Gasteiger charge is -2.29. The van der Waals surface area contributed by atoms with Crippen molar-refractivity contribution in [2.75, 3.05) is 46.6 Å². The molecule has 3 aromatic rings. The second-order valence-electron chi connectivity index (χ2n) is 8.76. The molecule has 1 aromatic carbocycles. The van der Waals surface area contributed by atoms with Gasteiger partial charge in [0, 0.05) is 44.9 Å². The number of hydrogen-bond acceptors (Lipinski definition) is 8. The fourth-order valence-electron chi connectivity index (χ4n) is 4.38. The van der Waals surface area contributed by atoms with Crippen molar-refractivity contribution in [3.63, 3.8) is 0 Å². The molecule has 2 aromatic heterocycles. The number of halogens is 1. The van der Waals surface area contributed by atoms with Gasteiger partial charge in [-0.25, -0.2) is 4.39 Å². The van der Waals surface area contributed by atoms with Crippen LogP contribution in [0.1, 0.15) is 21.5 Å². The molecule has 0 radical (unpaired) electrons. The second-order valence-corrected chi connectivity index (χ2v) is 8.76. The molecule has 2 aliphatic rings. The number of nitrogens with one attached hydrogen (secondary N) is 1. The van der Waals surface area contributed by atoms with E-state index in [9.17, 15) is 23.9 Å². The number of amides is 2. The average molecular weight is 525 g/mol. The zero-order valence-electron chi connectivity index (χ0n) is 20.5. The molecule has 0 bridgehead atoms. The molecule has 11 nitrogen and oxygen atoms in total. The van der Waals surface area contributed by atoms with Crippen molar-refractivity contribution >= 4 is 29.0 Å². The maximum absolute atomic E-state index is 13.5. The van der Waals surface area contributed by atoms with E-state index in [-0.39, 0.29) is 47.9 Å². The lowest BCUT2D eigenvalue weighted by molar-refractivity contribution is -0.133. The minimum atomic E-state index is -0.845. The fraction of sp³-hybridized carbons (Fsp3) is 0.308. The van der Waals surface area contributed by atoms with Crippen LogP contribution in [-0.4, -0.2) is 77.9 Å². The van der Waals surface area contributed by atoms with Gasteiger partial charge in [0.05, 0.1) is 26.0 Å². The maximum atomic E-state index is 13.5. The summed E-state index contributed by atoms with van der Waals surface area (Å²) in [4.78, 5) is 45.6. The van der Waals surface area contributed by atoms with Crippen molar-refractivity contribution in [1.82, 2.24) is 19.8 Å². The predicted octanol–water partition coefficient (Wildman–Crippen LogP) is 1.26. The molecule has 2 N–H and O–H groups in total. The number of pyridine rings is 2. The quantitative estimate of drug-likeness (QED) is 0.442. The van der Waals surface area contributed by atoms with Crippen LogP contribution < -0.4 is 15.6 Å². The van der Waals surface area contributed by atoms with Crippen LogP contribution in [0.4, 0.5) is 4.39 Å². The Balaban J connectivity index is 1.66. The van der Waals surface area contributed by atoms with Gasteiger partial charge in [0.25, 0.3) is 17.4 Å². The van der Waals surface area contributed by atoms with Crippen molar-refractivity contribution in [1.29, 1.82) is 0 Å². The smallest absolute Gasteiger partial charge is 0.291 e. The van der Waals surface area contributed by atoms with E-state index in [2.05, 4.69) is 10.3 Å². The molecular formula is C26H25FN4O7. The molecule has 1 fully saturated rings. The summed E-state index contributed by atoms with van der Waals surface area (Å²) >= 11 is 0. The van der Waals surface area contributed by atoms with Crippen molar-refractivity contribution in [2.45, 2.75) is 6.42 Å². The summed E-state index contributed by atoms with van der Waals surface area (Å²) in [5.74, 6) is -2.26. The van der Waals surface area contributed by atoms with E-state index in [1.165, 1.54) is 31.6 Å². The average Bonchev–Trinajstić information content (AvgIpc) is 2.93. The molecule has 4 heterocycles. The molecule has 0 saturated carbocycles. The lowest BCUT2D eigenvalue weighted by atomic mass is 10.0. The molecule has 0 atom stereocenters. The van der Waals surface area contributed by atoms with E-state index in [1.807, 2.05) is 0 Å². The Morgan fingerprint density at radius 3 is 2.66 bits per heavy atom. The molecular weight excluding hydrogens is 499 g/mol. The number of benzene rings is 1. The Hall–Kier alpha value is -4.29. The monoisotopic (exact) mass is 524 g/mol. The van der Waals surface area contributed by atoms with E-state index in [1.54, 1.807) is 17.0 Å². The first kappa shape index (κ1) is 25.4. The number of rotatable bonds is 7. The second kappa shape index (κ2) is 10.6. The molecule has 0 unspecified atom stereocenters. The molecule has 2 aliphatic heterocycles. The number of carbonyl (C=O) groups excluding carboxylic acids is 2. The highest BCUT2D eigenvalue weighted by Gasteiger charge is 2.32. The minimum absolute atomic E-state index is 0.0477. The van der Waals surface area contributed by atoms with Gasteiger partial charge < -0.3 is 29.5 Å². The van der Waals surface area contributed by atoms with Crippen LogP contribution >= 0.6 is 0 Å². The van der Waals surface area contributed by atoms with Gasteiger partial charge in [0.2, 0.25) is 5.76 Å². The summed E-state index contributed by atoms with van der Waals surface area (Å²) in [6.45, 7) is 1.74. The van der Waals surface area contributed by atoms with Crippen LogP contribution in [0.25, 0.3) is 17.2 Å². The molecule has 2 amide bonds. The molecule has 0 aliphatic carbocycles. The topological polar surface area (TPSA) is 132 Å². The third kappa shape index (κ3) is 4.71. The van der Waals surface area contributed by atoms with Gasteiger partial charge >= 0.3 is 0 Å². The first-order valence-electron chi connectivity index (χ1n) is 12.0. The van der Waals surface area contributed by atoms with Gasteiger partial charge in [-0.05, 0) is 17.7 Å². The highest BCUT2D eigenvalue weighted by atomic mass is 19.1. The van der Waals surface area contributed by atoms with Crippen molar-refractivity contribution in [3.8, 4) is 11.5 Å². The third-order valence-electron chi connectivity index (χ3n) is 6.31. The van der Waals surface area contributed by atoms with Crippen molar-refractivity contribution < 1.29 is 33.3 Å². The van der Waals surface area contributed by atoms with Gasteiger partial charge in [0.15, 0.2) is 11.5 Å². The predicted molar refractivity (Wildman–Crippen MR) is 133 cm³/mol. The molecule has 5 rings (SSSR count). The number of methoxy groups -OCH3 is 1. The maximum Gasteiger partial charge on any atom is 0.291 e. The third-order valence-corrected chi connectivity index (χ3v) is 6.31. The first-order chi connectivity index (χ1) is 18.4. The Kier molecular flexibility index (Phi) is 7.07. The standard InChI is InChI=1S/C26H25FN4O7/c1-36-9-6-28-24(33)19-22(32)20-21-23(16(13-29-20)12-15-2-4-17(27)5-3-15)38-18(14-31(21)26(19)35)25(34)30-7-10-37-11-8-30/h2-5,13-14,32H,6-12H2,1H3,(H,28,33). The van der Waals surface area contributed by atoms with Crippen LogP contribution in [-0.2, 0) is 20.7 Å². The first-order valence-corrected chi connectivity index (χ1v) is 12.0. The zero-order valence-corrected chi connectivity index (χ0v) is 20.5. The largest absolute Gasteiger partial charge is 0.505 e. The number of hydrogen-bond donors (Lipinski definition) is 2. The van der Waals surface area contributed by atoms with Gasteiger partial charge in [-0.2, -0.15) is 0 Å². The Morgan fingerprint density at radius 1 is 1.21 bits per heavy atom. The van der Waals surface area contributed by atoms with Gasteiger partial charge in [-0.3, -0.25) is 23.9 Å². The Labute approximate surface area is 216 Å². The van der Waals surface area contributed by atoms with E-state index >= 15 is 0 Å². The minimum Gasteiger partial charge on any atom is -0.505 e. The number of carbonyl (C=O) groups is 2. The van der Waals surface area contributed by atoms with E-state index in [0.29, 0.717) is 31.9 Å². The zero-order chi connectivity index (χ0) is 26.8. The van der Waals surface area contributed by atoms with Crippen LogP contribution in [0.5, 0.6) is 11.5 Å². The molecule has 38 heavy (non-hydrogen) atoms. The molecule has 1 saturated heterocycles. The van der Waals surface area contributed by atoms with Crippen LogP contribution in [0, 0.1) is 5.82 Å². The summed E-state index contributed by atoms with van der Waals surface area (Å²) in [6, 6.07) is 5.84. The number of nitrogens with zero attached hydrogens (tertiary/aromatic N) is 3. The van der Waals surface area contributed by atoms with E-state index in [4.69, 9.17) is 14.2 Å². The molecule has 12 heteroatoms. The van der Waals surface area contributed by atoms with Gasteiger partial charge in [-0.15, -0.1) is 0 Å². The molecule has 198 valence electrons. The number of morpholine rings is 1. The Morgan fingerprint density at radius 2 is 1.95 bits per heavy atom. The number of aromatic nitrogens is 2. The summed E-state index contributed by atoms with van der Waals surface area (Å²) in [7, 11) is 1.46. The summed E-state index contributed by atoms with van der Waals surface area (Å²) in [5, 5.41) is 13.5. The summed E-state index contributed by atoms with van der Waals surface area (Å²) < 4.78 is 30.9. The van der Waals surface area contributed by atoms with E-state index in [0.717, 1.165) is 10.1 Å². The van der Waals surface area contributed by atoms with Crippen molar-refractivity contribution in [2.24, 2.45) is 0 Å². The lowest BCUT2D eigenvalue weighted by Crippen LogP contribution is -2.43. The molecule has 0 spiro atoms. The highest BCUT2D eigenvalue weighted by Crippen LogP contribution is 2.38. The van der Waals surface area contributed by atoms with Gasteiger partial charge in [0.1, 0.15) is 22.4 Å². The van der Waals surface area contributed by atoms with Crippen LogP contribution in [0.15, 0.2) is 41.0 Å². The van der Waals surface area contributed by atoms with Crippen LogP contribution in [0.2, 0.25) is 0 Å². The fourth-order valence-corrected chi connectivity index (χ4v) is 4.38. The highest BCUT2D eigenvalue weighted by molar-refractivity contribution is 6.04. The van der Waals surface area contributed by atoms with Gasteiger partial charge in [-0.1, -0.05) is 12.1 Å². The Bertz CT molecular complexity index is 1490. The summed E-state index contributed by atoms with van der Waals surface area (Å²) in [5.41, 5.74) is -0.0747. The van der Waals surface area contributed by atoms with Crippen LogP contribution in [0.3, 0.4) is 0 Å². The normalized spacial score (nSPS) is 14.7. The van der Waals surface area contributed by atoms with Crippen molar-refractivity contribution in [3.05, 3.63) is 69.1 Å². The number of aromatic hydroxyl groups is 1. The SMILES string of the molecule is COCCNC(=O)c1c(O)c2ncc(Cc3ccc(F)cc3)c3c2n(c1=O)C=C(C(=O)N1CCOCC1)O3. The summed E-state index contributed by atoms with van der Waals surface area (Å²) in [6.07, 6.45) is 2.89. The number of ether oxygens (including phenoxy) is 3. The van der Waals surface area contributed by atoms with E-state index < -0.39 is 28.7 Å².